The summed E-state index contributed by atoms with van der Waals surface area (Å²) >= 11 is 4.19. The van der Waals surface area contributed by atoms with Crippen LogP contribution in [-0.4, -0.2) is 12.6 Å². The van der Waals surface area contributed by atoms with Crippen LogP contribution in [0.15, 0.2) is 17.0 Å². The van der Waals surface area contributed by atoms with E-state index in [1.165, 1.54) is 0 Å². The summed E-state index contributed by atoms with van der Waals surface area (Å²) in [7, 11) is 0. The highest BCUT2D eigenvalue weighted by Gasteiger charge is 2.18. The molecule has 0 heterocycles. The zero-order chi connectivity index (χ0) is 12.1. The zero-order valence-electron chi connectivity index (χ0n) is 9.28. The molecule has 0 aromatic heterocycles. The fourth-order valence-corrected chi connectivity index (χ4v) is 1.74. The van der Waals surface area contributed by atoms with Gasteiger partial charge in [0.15, 0.2) is 0 Å². The van der Waals surface area contributed by atoms with Crippen molar-refractivity contribution in [3.63, 3.8) is 0 Å². The first-order valence-corrected chi connectivity index (χ1v) is 5.52. The summed E-state index contributed by atoms with van der Waals surface area (Å²) in [5, 5.41) is 9.08. The fraction of sp³-hybridized carbons (Fsp3) is 0.333. The lowest BCUT2D eigenvalue weighted by molar-refractivity contribution is 0.0522. The molecule has 0 bridgehead atoms. The molecule has 3 nitrogen and oxygen atoms in total. The van der Waals surface area contributed by atoms with Crippen molar-refractivity contribution in [1.82, 2.24) is 0 Å². The molecule has 0 aliphatic carbocycles. The zero-order valence-corrected chi connectivity index (χ0v) is 10.2. The van der Waals surface area contributed by atoms with Crippen LogP contribution in [0, 0.1) is 11.3 Å². The minimum atomic E-state index is -0.487. The maximum atomic E-state index is 11.7. The molecule has 0 saturated carbocycles. The standard InChI is InChI=1S/C12H13NO2S/c1-3-8-5-6-10(16)11(9(8)7-13)12(14)15-4-2/h5-6,16H,3-4H2,1-2H3. The molecule has 0 atom stereocenters. The van der Waals surface area contributed by atoms with Crippen LogP contribution in [0.2, 0.25) is 0 Å². The SMILES string of the molecule is CCOC(=O)c1c(S)ccc(CC)c1C#N. The van der Waals surface area contributed by atoms with Crippen molar-refractivity contribution in [2.45, 2.75) is 25.2 Å². The van der Waals surface area contributed by atoms with Crippen molar-refractivity contribution < 1.29 is 9.53 Å². The highest BCUT2D eigenvalue weighted by molar-refractivity contribution is 7.80. The number of carbonyl (C=O) groups excluding carboxylic acids is 1. The lowest BCUT2D eigenvalue weighted by Gasteiger charge is -2.09. The Kier molecular flexibility index (Phi) is 4.39. The van der Waals surface area contributed by atoms with Gasteiger partial charge in [-0.3, -0.25) is 0 Å². The van der Waals surface area contributed by atoms with E-state index in [0.717, 1.165) is 5.56 Å². The van der Waals surface area contributed by atoms with Gasteiger partial charge in [-0.1, -0.05) is 13.0 Å². The van der Waals surface area contributed by atoms with Crippen LogP contribution in [0.3, 0.4) is 0 Å². The van der Waals surface area contributed by atoms with Gasteiger partial charge >= 0.3 is 5.97 Å². The first kappa shape index (κ1) is 12.6. The van der Waals surface area contributed by atoms with Crippen molar-refractivity contribution >= 4 is 18.6 Å². The van der Waals surface area contributed by atoms with Crippen LogP contribution in [0.25, 0.3) is 0 Å². The van der Waals surface area contributed by atoms with E-state index in [2.05, 4.69) is 12.6 Å². The molecule has 0 aliphatic heterocycles. The largest absolute Gasteiger partial charge is 0.462 e. The predicted octanol–water partition coefficient (Wildman–Crippen LogP) is 2.59. The number of aryl methyl sites for hydroxylation is 1. The van der Waals surface area contributed by atoms with Gasteiger partial charge in [0.1, 0.15) is 6.07 Å². The summed E-state index contributed by atoms with van der Waals surface area (Å²) in [6.45, 7) is 3.95. The minimum Gasteiger partial charge on any atom is -0.462 e. The molecule has 0 fully saturated rings. The van der Waals surface area contributed by atoms with Crippen LogP contribution < -0.4 is 0 Å². The molecule has 16 heavy (non-hydrogen) atoms. The number of ether oxygens (including phenoxy) is 1. The van der Waals surface area contributed by atoms with Crippen molar-refractivity contribution in [3.05, 3.63) is 28.8 Å². The second kappa shape index (κ2) is 5.57. The van der Waals surface area contributed by atoms with Gasteiger partial charge in [0.2, 0.25) is 0 Å². The van der Waals surface area contributed by atoms with Crippen molar-refractivity contribution in [2.24, 2.45) is 0 Å². The van der Waals surface area contributed by atoms with Crippen molar-refractivity contribution in [1.29, 1.82) is 5.26 Å². The van der Waals surface area contributed by atoms with Gasteiger partial charge < -0.3 is 4.74 Å². The molecule has 1 aromatic carbocycles. The van der Waals surface area contributed by atoms with E-state index >= 15 is 0 Å². The number of benzene rings is 1. The van der Waals surface area contributed by atoms with Gasteiger partial charge in [-0.15, -0.1) is 12.6 Å². The molecule has 0 radical (unpaired) electrons. The molecular formula is C12H13NO2S. The van der Waals surface area contributed by atoms with E-state index in [4.69, 9.17) is 10.00 Å². The smallest absolute Gasteiger partial charge is 0.340 e. The molecule has 84 valence electrons. The monoisotopic (exact) mass is 235 g/mol. The van der Waals surface area contributed by atoms with E-state index in [0.29, 0.717) is 16.9 Å². The number of rotatable bonds is 3. The van der Waals surface area contributed by atoms with Gasteiger partial charge in [-0.25, -0.2) is 4.79 Å². The lowest BCUT2D eigenvalue weighted by Crippen LogP contribution is -2.09. The van der Waals surface area contributed by atoms with Gasteiger partial charge in [-0.05, 0) is 25.0 Å². The number of nitriles is 1. The third-order valence-corrected chi connectivity index (χ3v) is 2.61. The third-order valence-electron chi connectivity index (χ3n) is 2.24. The number of hydrogen-bond donors (Lipinski definition) is 1. The van der Waals surface area contributed by atoms with E-state index in [-0.39, 0.29) is 12.2 Å². The average Bonchev–Trinajstić information content (AvgIpc) is 2.28. The molecule has 0 N–H and O–H groups in total. The molecule has 0 aliphatic rings. The number of nitrogens with zero attached hydrogens (tertiary/aromatic N) is 1. The van der Waals surface area contributed by atoms with E-state index in [9.17, 15) is 4.79 Å². The van der Waals surface area contributed by atoms with Gasteiger partial charge in [0.25, 0.3) is 0 Å². The summed E-state index contributed by atoms with van der Waals surface area (Å²) in [6.07, 6.45) is 0.698. The lowest BCUT2D eigenvalue weighted by atomic mass is 10.00. The minimum absolute atomic E-state index is 0.270. The van der Waals surface area contributed by atoms with Crippen LogP contribution in [0.1, 0.15) is 35.3 Å². The Morgan fingerprint density at radius 2 is 2.19 bits per heavy atom. The summed E-state index contributed by atoms with van der Waals surface area (Å²) in [5.41, 5.74) is 1.48. The highest BCUT2D eigenvalue weighted by Crippen LogP contribution is 2.23. The van der Waals surface area contributed by atoms with Crippen LogP contribution >= 0.6 is 12.6 Å². The highest BCUT2D eigenvalue weighted by atomic mass is 32.1. The van der Waals surface area contributed by atoms with Gasteiger partial charge in [0, 0.05) is 4.90 Å². The Hall–Kier alpha value is -1.47. The first-order valence-electron chi connectivity index (χ1n) is 5.07. The quantitative estimate of drug-likeness (QED) is 0.647. The molecule has 0 saturated heterocycles. The van der Waals surface area contributed by atoms with E-state index in [1.807, 2.05) is 19.1 Å². The number of esters is 1. The summed E-state index contributed by atoms with van der Waals surface area (Å²) < 4.78 is 4.91. The Labute approximate surface area is 100 Å². The number of carbonyl (C=O) groups is 1. The molecular weight excluding hydrogens is 222 g/mol. The molecule has 4 heteroatoms. The van der Waals surface area contributed by atoms with Crippen molar-refractivity contribution in [3.8, 4) is 6.07 Å². The van der Waals surface area contributed by atoms with E-state index < -0.39 is 5.97 Å². The van der Waals surface area contributed by atoms with E-state index in [1.54, 1.807) is 13.0 Å². The second-order valence-electron chi connectivity index (χ2n) is 3.18. The third kappa shape index (κ3) is 2.37. The normalized spacial score (nSPS) is 9.62. The molecule has 1 rings (SSSR count). The molecule has 1 aromatic rings. The van der Waals surface area contributed by atoms with Crippen LogP contribution in [-0.2, 0) is 11.2 Å². The number of hydrogen-bond acceptors (Lipinski definition) is 4. The molecule has 0 amide bonds. The topological polar surface area (TPSA) is 50.1 Å². The summed E-state index contributed by atoms with van der Waals surface area (Å²) in [4.78, 5) is 12.2. The summed E-state index contributed by atoms with van der Waals surface area (Å²) in [6, 6.07) is 5.57. The Morgan fingerprint density at radius 3 is 2.69 bits per heavy atom. The Bertz CT molecular complexity index is 449. The van der Waals surface area contributed by atoms with Gasteiger partial charge in [-0.2, -0.15) is 5.26 Å². The Morgan fingerprint density at radius 1 is 1.50 bits per heavy atom. The second-order valence-corrected chi connectivity index (χ2v) is 3.66. The first-order chi connectivity index (χ1) is 7.65. The predicted molar refractivity (Wildman–Crippen MR) is 63.7 cm³/mol. The maximum absolute atomic E-state index is 11.7. The van der Waals surface area contributed by atoms with Crippen LogP contribution in [0.4, 0.5) is 0 Å². The fourth-order valence-electron chi connectivity index (χ4n) is 1.47. The Balaban J connectivity index is 3.35. The maximum Gasteiger partial charge on any atom is 0.340 e. The molecule has 0 spiro atoms. The average molecular weight is 235 g/mol. The van der Waals surface area contributed by atoms with Gasteiger partial charge in [0.05, 0.1) is 17.7 Å². The van der Waals surface area contributed by atoms with Crippen molar-refractivity contribution in [2.75, 3.05) is 6.61 Å². The van der Waals surface area contributed by atoms with Crippen LogP contribution in [0.5, 0.6) is 0 Å². The number of thiol groups is 1. The summed E-state index contributed by atoms with van der Waals surface area (Å²) in [5.74, 6) is -0.487. The molecule has 0 unspecified atom stereocenters.